The van der Waals surface area contributed by atoms with Crippen LogP contribution in [-0.4, -0.2) is 53.5 Å². The van der Waals surface area contributed by atoms with Gasteiger partial charge in [0.05, 0.1) is 12.2 Å². The molecule has 0 aromatic carbocycles. The molecule has 2 aliphatic heterocycles. The molecule has 0 radical (unpaired) electrons. The van der Waals surface area contributed by atoms with Crippen molar-refractivity contribution in [1.82, 2.24) is 5.32 Å². The first-order valence-electron chi connectivity index (χ1n) is 4.92. The van der Waals surface area contributed by atoms with Crippen LogP contribution in [0.2, 0.25) is 0 Å². The zero-order valence-electron chi connectivity index (χ0n) is 8.43. The molecule has 0 aromatic rings. The molecule has 5 nitrogen and oxygen atoms in total. The number of rotatable bonds is 0. The highest BCUT2D eigenvalue weighted by Gasteiger charge is 2.48. The van der Waals surface area contributed by atoms with Gasteiger partial charge in [0.25, 0.3) is 0 Å². The molecular weight excluding hydrogens is 186 g/mol. The van der Waals surface area contributed by atoms with Gasteiger partial charge in [0.2, 0.25) is 0 Å². The molecule has 2 aliphatic rings. The fourth-order valence-corrected chi connectivity index (χ4v) is 2.02. The smallest absolute Gasteiger partial charge is 0.164 e. The molecule has 3 N–H and O–H groups in total. The predicted octanol–water partition coefficient (Wildman–Crippen LogP) is -1.17. The molecule has 0 aliphatic carbocycles. The van der Waals surface area contributed by atoms with Gasteiger partial charge in [0.1, 0.15) is 12.2 Å². The molecule has 2 heterocycles. The monoisotopic (exact) mass is 203 g/mol. The van der Waals surface area contributed by atoms with Crippen LogP contribution in [0.25, 0.3) is 0 Å². The second-order valence-corrected chi connectivity index (χ2v) is 4.36. The maximum Gasteiger partial charge on any atom is 0.164 e. The van der Waals surface area contributed by atoms with E-state index in [2.05, 4.69) is 5.32 Å². The van der Waals surface area contributed by atoms with E-state index < -0.39 is 30.2 Å². The van der Waals surface area contributed by atoms with Gasteiger partial charge in [-0.05, 0) is 13.8 Å². The van der Waals surface area contributed by atoms with Crippen molar-refractivity contribution in [2.45, 2.75) is 44.1 Å². The van der Waals surface area contributed by atoms with E-state index in [0.717, 1.165) is 0 Å². The summed E-state index contributed by atoms with van der Waals surface area (Å²) in [5.41, 5.74) is 0. The van der Waals surface area contributed by atoms with E-state index in [0.29, 0.717) is 13.1 Å². The third kappa shape index (κ3) is 1.78. The summed E-state index contributed by atoms with van der Waals surface area (Å²) in [5, 5.41) is 22.4. The average Bonchev–Trinajstić information content (AvgIpc) is 2.35. The minimum atomic E-state index is -0.714. The molecule has 14 heavy (non-hydrogen) atoms. The lowest BCUT2D eigenvalue weighted by atomic mass is 10.1. The Morgan fingerprint density at radius 3 is 1.93 bits per heavy atom. The lowest BCUT2D eigenvalue weighted by molar-refractivity contribution is -0.162. The van der Waals surface area contributed by atoms with Crippen LogP contribution >= 0.6 is 0 Å². The van der Waals surface area contributed by atoms with Gasteiger partial charge in [0, 0.05) is 13.1 Å². The van der Waals surface area contributed by atoms with Gasteiger partial charge in [-0.15, -0.1) is 0 Å². The first-order chi connectivity index (χ1) is 6.49. The summed E-state index contributed by atoms with van der Waals surface area (Å²) in [6, 6.07) is 0. The molecule has 0 aromatic heterocycles. The van der Waals surface area contributed by atoms with E-state index >= 15 is 0 Å². The number of hydrogen-bond acceptors (Lipinski definition) is 5. The Hall–Kier alpha value is -0.200. The van der Waals surface area contributed by atoms with Crippen LogP contribution in [0.15, 0.2) is 0 Å². The predicted molar refractivity (Wildman–Crippen MR) is 48.7 cm³/mol. The van der Waals surface area contributed by atoms with Crippen molar-refractivity contribution in [2.24, 2.45) is 0 Å². The third-order valence-electron chi connectivity index (χ3n) is 2.63. The molecule has 2 fully saturated rings. The maximum absolute atomic E-state index is 9.73. The zero-order chi connectivity index (χ0) is 10.3. The second kappa shape index (κ2) is 3.43. The Labute approximate surface area is 83.0 Å². The van der Waals surface area contributed by atoms with Crippen LogP contribution in [0.5, 0.6) is 0 Å². The van der Waals surface area contributed by atoms with Gasteiger partial charge < -0.3 is 25.0 Å². The minimum absolute atomic E-state index is 0.428. The summed E-state index contributed by atoms with van der Waals surface area (Å²) in [6.07, 6.45) is -2.12. The van der Waals surface area contributed by atoms with Crippen LogP contribution in [0, 0.1) is 0 Å². The van der Waals surface area contributed by atoms with Crippen molar-refractivity contribution in [2.75, 3.05) is 13.1 Å². The largest absolute Gasteiger partial charge is 0.389 e. The third-order valence-corrected chi connectivity index (χ3v) is 2.63. The quantitative estimate of drug-likeness (QED) is 0.463. The van der Waals surface area contributed by atoms with Gasteiger partial charge in [-0.1, -0.05) is 0 Å². The standard InChI is InChI=1S/C9H17NO4/c1-9(2)13-7-5(11)3-10-4-6(12)8(7)14-9/h5-8,10-12H,3-4H2,1-2H3. The number of β-amino-alcohol motifs (C(OH)–C–C–N with tert-alkyl or cyclic N) is 2. The molecule has 0 saturated carbocycles. The van der Waals surface area contributed by atoms with Gasteiger partial charge in [-0.3, -0.25) is 0 Å². The zero-order valence-corrected chi connectivity index (χ0v) is 8.43. The molecule has 4 atom stereocenters. The number of fused-ring (bicyclic) bond motifs is 1. The highest BCUT2D eigenvalue weighted by atomic mass is 16.8. The van der Waals surface area contributed by atoms with Crippen LogP contribution < -0.4 is 5.32 Å². The van der Waals surface area contributed by atoms with Crippen LogP contribution in [0.1, 0.15) is 13.8 Å². The Morgan fingerprint density at radius 2 is 1.50 bits per heavy atom. The van der Waals surface area contributed by atoms with Crippen molar-refractivity contribution >= 4 is 0 Å². The number of aliphatic hydroxyl groups is 2. The van der Waals surface area contributed by atoms with Crippen LogP contribution in [-0.2, 0) is 9.47 Å². The lowest BCUT2D eigenvalue weighted by Gasteiger charge is -2.20. The summed E-state index contributed by atoms with van der Waals surface area (Å²) in [5.74, 6) is -0.714. The van der Waals surface area contributed by atoms with Crippen molar-refractivity contribution in [1.29, 1.82) is 0 Å². The van der Waals surface area contributed by atoms with E-state index in [-0.39, 0.29) is 0 Å². The van der Waals surface area contributed by atoms with Crippen molar-refractivity contribution in [3.05, 3.63) is 0 Å². The minimum Gasteiger partial charge on any atom is -0.389 e. The van der Waals surface area contributed by atoms with E-state index in [1.807, 2.05) is 0 Å². The van der Waals surface area contributed by atoms with E-state index in [4.69, 9.17) is 9.47 Å². The highest BCUT2D eigenvalue weighted by Crippen LogP contribution is 2.32. The molecule has 4 unspecified atom stereocenters. The fraction of sp³-hybridized carbons (Fsp3) is 1.00. The van der Waals surface area contributed by atoms with Crippen molar-refractivity contribution < 1.29 is 19.7 Å². The highest BCUT2D eigenvalue weighted by molar-refractivity contribution is 4.94. The topological polar surface area (TPSA) is 71.0 Å². The summed E-state index contributed by atoms with van der Waals surface area (Å²) in [6.45, 7) is 4.43. The molecule has 2 saturated heterocycles. The Kier molecular flexibility index (Phi) is 2.53. The summed E-state index contributed by atoms with van der Waals surface area (Å²) >= 11 is 0. The van der Waals surface area contributed by atoms with Crippen molar-refractivity contribution in [3.8, 4) is 0 Å². The van der Waals surface area contributed by atoms with Gasteiger partial charge in [-0.2, -0.15) is 0 Å². The number of nitrogens with one attached hydrogen (secondary N) is 1. The molecule has 2 rings (SSSR count). The average molecular weight is 203 g/mol. The fourth-order valence-electron chi connectivity index (χ4n) is 2.02. The van der Waals surface area contributed by atoms with E-state index in [9.17, 15) is 10.2 Å². The van der Waals surface area contributed by atoms with Gasteiger partial charge in [-0.25, -0.2) is 0 Å². The van der Waals surface area contributed by atoms with Crippen LogP contribution in [0.4, 0.5) is 0 Å². The maximum atomic E-state index is 9.73. The molecule has 0 spiro atoms. The number of hydrogen-bond donors (Lipinski definition) is 3. The SMILES string of the molecule is CC1(C)OC2C(O)CNCC(O)C2O1. The normalized spacial score (nSPS) is 47.1. The first kappa shape index (κ1) is 10.3. The van der Waals surface area contributed by atoms with Crippen molar-refractivity contribution in [3.63, 3.8) is 0 Å². The molecule has 0 amide bonds. The summed E-state index contributed by atoms with van der Waals surface area (Å²) in [7, 11) is 0. The molecule has 82 valence electrons. The number of ether oxygens (including phenoxy) is 2. The Balaban J connectivity index is 2.16. The summed E-state index contributed by atoms with van der Waals surface area (Å²) in [4.78, 5) is 0. The van der Waals surface area contributed by atoms with Crippen LogP contribution in [0.3, 0.4) is 0 Å². The second-order valence-electron chi connectivity index (χ2n) is 4.36. The summed E-state index contributed by atoms with van der Waals surface area (Å²) < 4.78 is 11.1. The molecule has 5 heteroatoms. The Bertz CT molecular complexity index is 201. The van der Waals surface area contributed by atoms with E-state index in [1.54, 1.807) is 13.8 Å². The molecule has 0 bridgehead atoms. The Morgan fingerprint density at radius 1 is 1.07 bits per heavy atom. The lowest BCUT2D eigenvalue weighted by Crippen LogP contribution is -2.41. The van der Waals surface area contributed by atoms with Gasteiger partial charge >= 0.3 is 0 Å². The van der Waals surface area contributed by atoms with Gasteiger partial charge in [0.15, 0.2) is 5.79 Å². The van der Waals surface area contributed by atoms with E-state index in [1.165, 1.54) is 0 Å². The number of aliphatic hydroxyl groups excluding tert-OH is 2. The first-order valence-corrected chi connectivity index (χ1v) is 4.92. The molecular formula is C9H17NO4.